The first-order valence-corrected chi connectivity index (χ1v) is 7.04. The molecule has 3 nitrogen and oxygen atoms in total. The van der Waals surface area contributed by atoms with Gasteiger partial charge in [0.2, 0.25) is 0 Å². The Kier molecular flexibility index (Phi) is 4.77. The van der Waals surface area contributed by atoms with Crippen LogP contribution in [0.2, 0.25) is 0 Å². The number of halogens is 1. The number of aliphatic hydroxyl groups excluding tert-OH is 1. The van der Waals surface area contributed by atoms with E-state index in [0.29, 0.717) is 17.3 Å². The van der Waals surface area contributed by atoms with Crippen LogP contribution in [-0.4, -0.2) is 42.2 Å². The topological polar surface area (TPSA) is 26.7 Å². The summed E-state index contributed by atoms with van der Waals surface area (Å²) in [5.74, 6) is -0.233. The number of hydrogen-bond acceptors (Lipinski definition) is 3. The Morgan fingerprint density at radius 3 is 2.47 bits per heavy atom. The Bertz CT molecular complexity index is 417. The summed E-state index contributed by atoms with van der Waals surface area (Å²) in [6.07, 6.45) is 1.15. The first kappa shape index (κ1) is 14.3. The fraction of sp³-hybridized carbons (Fsp3) is 0.600. The number of nitrogens with zero attached hydrogens (tertiary/aromatic N) is 2. The van der Waals surface area contributed by atoms with Gasteiger partial charge in [-0.2, -0.15) is 0 Å². The number of piperazine rings is 1. The lowest BCUT2D eigenvalue weighted by Gasteiger charge is -2.39. The van der Waals surface area contributed by atoms with Crippen LogP contribution in [0.25, 0.3) is 0 Å². The third-order valence-corrected chi connectivity index (χ3v) is 4.06. The van der Waals surface area contributed by atoms with E-state index in [0.717, 1.165) is 32.6 Å². The zero-order chi connectivity index (χ0) is 13.8. The fourth-order valence-electron chi connectivity index (χ4n) is 2.57. The van der Waals surface area contributed by atoms with Crippen LogP contribution in [0.15, 0.2) is 18.2 Å². The molecule has 1 N–H and O–H groups in total. The molecule has 0 bridgehead atoms. The number of hydrogen-bond donors (Lipinski definition) is 1. The van der Waals surface area contributed by atoms with Gasteiger partial charge in [-0.3, -0.25) is 4.90 Å². The fourth-order valence-corrected chi connectivity index (χ4v) is 2.57. The second kappa shape index (κ2) is 6.35. The monoisotopic (exact) mass is 266 g/mol. The molecule has 1 saturated heterocycles. The van der Waals surface area contributed by atoms with Crippen molar-refractivity contribution >= 4 is 5.69 Å². The maximum Gasteiger partial charge on any atom is 0.146 e. The van der Waals surface area contributed by atoms with Crippen molar-refractivity contribution in [2.24, 2.45) is 0 Å². The molecule has 1 aliphatic heterocycles. The van der Waals surface area contributed by atoms with E-state index in [1.165, 1.54) is 6.07 Å². The Labute approximate surface area is 114 Å². The molecule has 0 aromatic heterocycles. The van der Waals surface area contributed by atoms with E-state index in [-0.39, 0.29) is 12.4 Å². The lowest BCUT2D eigenvalue weighted by molar-refractivity contribution is 0.192. The molecule has 1 aromatic rings. The van der Waals surface area contributed by atoms with Crippen LogP contribution < -0.4 is 4.90 Å². The van der Waals surface area contributed by atoms with Crippen LogP contribution >= 0.6 is 0 Å². The zero-order valence-electron chi connectivity index (χ0n) is 11.8. The van der Waals surface area contributed by atoms with Crippen molar-refractivity contribution in [3.05, 3.63) is 29.6 Å². The molecule has 0 radical (unpaired) electrons. The molecule has 1 atom stereocenters. The lowest BCUT2D eigenvalue weighted by atomic mass is 10.1. The average molecular weight is 266 g/mol. The number of benzene rings is 1. The molecular formula is C15H23FN2O. The maximum absolute atomic E-state index is 14.0. The van der Waals surface area contributed by atoms with Gasteiger partial charge in [-0.25, -0.2) is 4.39 Å². The van der Waals surface area contributed by atoms with Gasteiger partial charge in [-0.1, -0.05) is 13.0 Å². The van der Waals surface area contributed by atoms with Gasteiger partial charge in [0.25, 0.3) is 0 Å². The van der Waals surface area contributed by atoms with Crippen molar-refractivity contribution < 1.29 is 9.50 Å². The van der Waals surface area contributed by atoms with Crippen LogP contribution in [0.3, 0.4) is 0 Å². The molecule has 1 unspecified atom stereocenters. The van der Waals surface area contributed by atoms with Crippen molar-refractivity contribution in [3.8, 4) is 0 Å². The standard InChI is InChI=1S/C15H23FN2O/c1-3-12(2)17-6-8-18(9-7-17)15-5-4-13(11-19)10-14(15)16/h4-5,10,12,19H,3,6-9,11H2,1-2H3. The predicted molar refractivity (Wildman–Crippen MR) is 75.9 cm³/mol. The van der Waals surface area contributed by atoms with Crippen molar-refractivity contribution in [1.82, 2.24) is 4.90 Å². The molecule has 0 amide bonds. The highest BCUT2D eigenvalue weighted by Gasteiger charge is 2.21. The SMILES string of the molecule is CCC(C)N1CCN(c2ccc(CO)cc2F)CC1. The quantitative estimate of drug-likeness (QED) is 0.905. The lowest BCUT2D eigenvalue weighted by Crippen LogP contribution is -2.49. The smallest absolute Gasteiger partial charge is 0.146 e. The van der Waals surface area contributed by atoms with E-state index in [4.69, 9.17) is 5.11 Å². The van der Waals surface area contributed by atoms with E-state index in [2.05, 4.69) is 23.6 Å². The molecular weight excluding hydrogens is 243 g/mol. The van der Waals surface area contributed by atoms with E-state index in [1.807, 2.05) is 0 Å². The van der Waals surface area contributed by atoms with E-state index < -0.39 is 0 Å². The van der Waals surface area contributed by atoms with E-state index >= 15 is 0 Å². The van der Waals surface area contributed by atoms with Crippen LogP contribution in [0.1, 0.15) is 25.8 Å². The summed E-state index contributed by atoms with van der Waals surface area (Å²) in [5, 5.41) is 9.00. The summed E-state index contributed by atoms with van der Waals surface area (Å²) in [5.41, 5.74) is 1.28. The number of aliphatic hydroxyl groups is 1. The van der Waals surface area contributed by atoms with Crippen LogP contribution in [0, 0.1) is 5.82 Å². The van der Waals surface area contributed by atoms with Crippen LogP contribution in [-0.2, 0) is 6.61 Å². The molecule has 19 heavy (non-hydrogen) atoms. The van der Waals surface area contributed by atoms with Gasteiger partial charge in [0, 0.05) is 32.2 Å². The van der Waals surface area contributed by atoms with Crippen molar-refractivity contribution in [2.45, 2.75) is 32.9 Å². The average Bonchev–Trinajstić information content (AvgIpc) is 2.46. The van der Waals surface area contributed by atoms with Gasteiger partial charge in [-0.05, 0) is 31.0 Å². The highest BCUT2D eigenvalue weighted by molar-refractivity contribution is 5.49. The molecule has 2 rings (SSSR count). The molecule has 4 heteroatoms. The molecule has 1 heterocycles. The summed E-state index contributed by atoms with van der Waals surface area (Å²) in [6.45, 7) is 8.02. The largest absolute Gasteiger partial charge is 0.392 e. The minimum atomic E-state index is -0.233. The van der Waals surface area contributed by atoms with Gasteiger partial charge in [-0.15, -0.1) is 0 Å². The highest BCUT2D eigenvalue weighted by atomic mass is 19.1. The molecule has 0 spiro atoms. The van der Waals surface area contributed by atoms with Gasteiger partial charge in [0.15, 0.2) is 0 Å². The van der Waals surface area contributed by atoms with Crippen LogP contribution in [0.4, 0.5) is 10.1 Å². The second-order valence-electron chi connectivity index (χ2n) is 5.22. The molecule has 0 aliphatic carbocycles. The highest BCUT2D eigenvalue weighted by Crippen LogP contribution is 2.22. The minimum absolute atomic E-state index is 0.112. The Morgan fingerprint density at radius 1 is 1.26 bits per heavy atom. The molecule has 1 aromatic carbocycles. The van der Waals surface area contributed by atoms with Crippen molar-refractivity contribution in [1.29, 1.82) is 0 Å². The first-order valence-electron chi connectivity index (χ1n) is 7.04. The normalized spacial score (nSPS) is 18.6. The summed E-state index contributed by atoms with van der Waals surface area (Å²) >= 11 is 0. The molecule has 0 saturated carbocycles. The summed E-state index contributed by atoms with van der Waals surface area (Å²) in [6, 6.07) is 5.60. The van der Waals surface area contributed by atoms with Crippen LogP contribution in [0.5, 0.6) is 0 Å². The zero-order valence-corrected chi connectivity index (χ0v) is 11.8. The Balaban J connectivity index is 2.01. The third-order valence-electron chi connectivity index (χ3n) is 4.06. The van der Waals surface area contributed by atoms with Crippen molar-refractivity contribution in [2.75, 3.05) is 31.1 Å². The summed E-state index contributed by atoms with van der Waals surface area (Å²) < 4.78 is 14.0. The molecule has 1 aliphatic rings. The van der Waals surface area contributed by atoms with Gasteiger partial charge >= 0.3 is 0 Å². The van der Waals surface area contributed by atoms with E-state index in [9.17, 15) is 4.39 Å². The second-order valence-corrected chi connectivity index (χ2v) is 5.22. The van der Waals surface area contributed by atoms with Crippen molar-refractivity contribution in [3.63, 3.8) is 0 Å². The molecule has 1 fully saturated rings. The summed E-state index contributed by atoms with van der Waals surface area (Å²) in [4.78, 5) is 4.55. The Hall–Kier alpha value is -1.13. The Morgan fingerprint density at radius 2 is 1.95 bits per heavy atom. The minimum Gasteiger partial charge on any atom is -0.392 e. The first-order chi connectivity index (χ1) is 9.15. The summed E-state index contributed by atoms with van der Waals surface area (Å²) in [7, 11) is 0. The van der Waals surface area contributed by atoms with Gasteiger partial charge < -0.3 is 10.0 Å². The third kappa shape index (κ3) is 3.25. The number of rotatable bonds is 4. The van der Waals surface area contributed by atoms with Gasteiger partial charge in [0.1, 0.15) is 5.82 Å². The maximum atomic E-state index is 14.0. The predicted octanol–water partition coefficient (Wildman–Crippen LogP) is 2.24. The molecule has 106 valence electrons. The van der Waals surface area contributed by atoms with Gasteiger partial charge in [0.05, 0.1) is 12.3 Å². The number of anilines is 1. The van der Waals surface area contributed by atoms with E-state index in [1.54, 1.807) is 12.1 Å².